The van der Waals surface area contributed by atoms with E-state index in [1.54, 1.807) is 6.08 Å². The number of nitrogens with zero attached hydrogens (tertiary/aromatic N) is 2. The number of halogens is 3. The van der Waals surface area contributed by atoms with Crippen molar-refractivity contribution in [1.29, 1.82) is 0 Å². The maximum Gasteiger partial charge on any atom is 0.422 e. The fraction of sp³-hybridized carbons (Fsp3) is 0.148. The summed E-state index contributed by atoms with van der Waals surface area (Å²) in [7, 11) is 1.34. The second kappa shape index (κ2) is 11.4. The molecule has 0 aliphatic carbocycles. The van der Waals surface area contributed by atoms with Crippen LogP contribution in [0.4, 0.5) is 24.7 Å². The predicted octanol–water partition coefficient (Wildman–Crippen LogP) is 5.65. The Morgan fingerprint density at radius 3 is 2.46 bits per heavy atom. The Labute approximate surface area is 211 Å². The van der Waals surface area contributed by atoms with E-state index in [1.165, 1.54) is 31.6 Å². The Balaban J connectivity index is 1.43. The van der Waals surface area contributed by atoms with Crippen LogP contribution in [0.25, 0.3) is 17.0 Å². The van der Waals surface area contributed by atoms with Crippen molar-refractivity contribution in [3.63, 3.8) is 0 Å². The zero-order chi connectivity index (χ0) is 26.3. The van der Waals surface area contributed by atoms with Gasteiger partial charge in [0.15, 0.2) is 18.1 Å². The van der Waals surface area contributed by atoms with Crippen molar-refractivity contribution < 1.29 is 27.4 Å². The normalized spacial score (nSPS) is 11.5. The van der Waals surface area contributed by atoms with E-state index in [-0.39, 0.29) is 17.4 Å². The number of benzene rings is 3. The molecule has 10 heteroatoms. The van der Waals surface area contributed by atoms with Crippen molar-refractivity contribution in [2.75, 3.05) is 19.0 Å². The molecule has 190 valence electrons. The van der Waals surface area contributed by atoms with Gasteiger partial charge < -0.3 is 20.1 Å². The van der Waals surface area contributed by atoms with Crippen LogP contribution in [-0.4, -0.2) is 35.8 Å². The van der Waals surface area contributed by atoms with Crippen molar-refractivity contribution in [2.24, 2.45) is 0 Å². The summed E-state index contributed by atoms with van der Waals surface area (Å²) >= 11 is 0. The number of fused-ring (bicyclic) bond motifs is 1. The summed E-state index contributed by atoms with van der Waals surface area (Å²) < 4.78 is 47.9. The molecule has 1 aromatic heterocycles. The minimum atomic E-state index is -4.48. The van der Waals surface area contributed by atoms with E-state index in [9.17, 15) is 18.0 Å². The smallest absolute Gasteiger partial charge is 0.422 e. The Kier molecular flexibility index (Phi) is 7.87. The Hall–Kier alpha value is -4.60. The van der Waals surface area contributed by atoms with Gasteiger partial charge in [0.25, 0.3) is 0 Å². The summed E-state index contributed by atoms with van der Waals surface area (Å²) in [5.74, 6) is 0.293. The van der Waals surface area contributed by atoms with Crippen LogP contribution in [-0.2, 0) is 11.3 Å². The van der Waals surface area contributed by atoms with Crippen LogP contribution in [0.1, 0.15) is 11.1 Å². The molecule has 0 spiro atoms. The summed E-state index contributed by atoms with van der Waals surface area (Å²) in [4.78, 5) is 20.5. The van der Waals surface area contributed by atoms with Gasteiger partial charge in [-0.05, 0) is 35.4 Å². The van der Waals surface area contributed by atoms with Crippen molar-refractivity contribution in [3.8, 4) is 11.5 Å². The van der Waals surface area contributed by atoms with Crippen LogP contribution in [0.5, 0.6) is 11.5 Å². The molecule has 0 saturated carbocycles. The number of hydrogen-bond donors (Lipinski definition) is 2. The van der Waals surface area contributed by atoms with Crippen molar-refractivity contribution in [3.05, 3.63) is 90.3 Å². The largest absolute Gasteiger partial charge is 0.493 e. The van der Waals surface area contributed by atoms with Gasteiger partial charge in [0.1, 0.15) is 12.1 Å². The van der Waals surface area contributed by atoms with Crippen LogP contribution in [0.3, 0.4) is 0 Å². The van der Waals surface area contributed by atoms with Crippen LogP contribution in [0.2, 0.25) is 0 Å². The highest BCUT2D eigenvalue weighted by Gasteiger charge is 2.29. The molecule has 0 unspecified atom stereocenters. The van der Waals surface area contributed by atoms with Crippen LogP contribution in [0, 0.1) is 0 Å². The number of ether oxygens (including phenoxy) is 2. The number of nitrogens with one attached hydrogen (secondary N) is 2. The first kappa shape index (κ1) is 25.5. The van der Waals surface area contributed by atoms with Crippen molar-refractivity contribution >= 4 is 34.4 Å². The number of amides is 1. The van der Waals surface area contributed by atoms with Gasteiger partial charge in [-0.15, -0.1) is 0 Å². The van der Waals surface area contributed by atoms with Crippen molar-refractivity contribution in [2.45, 2.75) is 12.7 Å². The first-order chi connectivity index (χ1) is 17.8. The van der Waals surface area contributed by atoms with Gasteiger partial charge in [0.2, 0.25) is 5.91 Å². The van der Waals surface area contributed by atoms with E-state index in [0.717, 1.165) is 11.1 Å². The van der Waals surface area contributed by atoms with Gasteiger partial charge in [-0.3, -0.25) is 4.79 Å². The molecule has 0 atom stereocenters. The molecule has 1 heterocycles. The van der Waals surface area contributed by atoms with Crippen LogP contribution >= 0.6 is 0 Å². The van der Waals surface area contributed by atoms with Crippen molar-refractivity contribution in [1.82, 2.24) is 15.3 Å². The third kappa shape index (κ3) is 7.20. The number of anilines is 2. The van der Waals surface area contributed by atoms with Gasteiger partial charge in [0, 0.05) is 29.8 Å². The number of carbonyl (C=O) groups excluding carboxylic acids is 1. The maximum absolute atomic E-state index is 12.6. The molecule has 2 N–H and O–H groups in total. The third-order valence-corrected chi connectivity index (χ3v) is 5.22. The molecule has 0 radical (unpaired) electrons. The number of aromatic nitrogens is 2. The standard InChI is InChI=1S/C27H23F3N4O3/c1-36-23-13-21-22(14-24(23)37-16-27(28,29)30)32-17-33-26(21)34-20-10-7-18(8-11-20)9-12-25(35)31-15-19-5-3-2-4-6-19/h2-14,17H,15-16H2,1H3,(H,31,35)(H,32,33,34)/b12-9+. The van der Waals surface area contributed by atoms with Crippen LogP contribution < -0.4 is 20.1 Å². The lowest BCUT2D eigenvalue weighted by atomic mass is 10.1. The lowest BCUT2D eigenvalue weighted by Gasteiger charge is -2.14. The number of carbonyl (C=O) groups is 1. The number of methoxy groups -OCH3 is 1. The molecule has 0 aliphatic heterocycles. The van der Waals surface area contributed by atoms with Crippen LogP contribution in [0.15, 0.2) is 79.1 Å². The Bertz CT molecular complexity index is 1390. The molecular formula is C27H23F3N4O3. The van der Waals surface area contributed by atoms with E-state index < -0.39 is 12.8 Å². The summed E-state index contributed by atoms with van der Waals surface area (Å²) in [5, 5.41) is 6.54. The van der Waals surface area contributed by atoms with E-state index in [0.29, 0.717) is 29.0 Å². The molecule has 0 fully saturated rings. The molecule has 0 aliphatic rings. The number of hydrogen-bond acceptors (Lipinski definition) is 6. The van der Waals surface area contributed by atoms with Gasteiger partial charge in [-0.1, -0.05) is 42.5 Å². The lowest BCUT2D eigenvalue weighted by Crippen LogP contribution is -2.20. The highest BCUT2D eigenvalue weighted by molar-refractivity contribution is 5.93. The average Bonchev–Trinajstić information content (AvgIpc) is 2.90. The molecule has 4 aromatic rings. The SMILES string of the molecule is COc1cc2c(Nc3ccc(/C=C/C(=O)NCc4ccccc4)cc3)ncnc2cc1OCC(F)(F)F. The second-order valence-electron chi connectivity index (χ2n) is 7.93. The van der Waals surface area contributed by atoms with E-state index in [1.807, 2.05) is 54.6 Å². The first-order valence-corrected chi connectivity index (χ1v) is 11.2. The molecule has 0 saturated heterocycles. The molecule has 4 rings (SSSR count). The molecular weight excluding hydrogens is 485 g/mol. The molecule has 3 aromatic carbocycles. The third-order valence-electron chi connectivity index (χ3n) is 5.22. The number of alkyl halides is 3. The van der Waals surface area contributed by atoms with E-state index >= 15 is 0 Å². The van der Waals surface area contributed by atoms with Gasteiger partial charge in [0.05, 0.1) is 12.6 Å². The highest BCUT2D eigenvalue weighted by Crippen LogP contribution is 2.35. The van der Waals surface area contributed by atoms with Gasteiger partial charge in [-0.2, -0.15) is 13.2 Å². The Morgan fingerprint density at radius 2 is 1.76 bits per heavy atom. The minimum Gasteiger partial charge on any atom is -0.493 e. The molecule has 1 amide bonds. The summed E-state index contributed by atoms with van der Waals surface area (Å²) in [6.45, 7) is -0.999. The highest BCUT2D eigenvalue weighted by atomic mass is 19.4. The van der Waals surface area contributed by atoms with Gasteiger partial charge >= 0.3 is 6.18 Å². The topological polar surface area (TPSA) is 85.4 Å². The fourth-order valence-corrected chi connectivity index (χ4v) is 3.43. The summed E-state index contributed by atoms with van der Waals surface area (Å²) in [6, 6.07) is 19.8. The minimum absolute atomic E-state index is 0.0686. The molecule has 37 heavy (non-hydrogen) atoms. The first-order valence-electron chi connectivity index (χ1n) is 11.2. The quantitative estimate of drug-likeness (QED) is 0.284. The molecule has 7 nitrogen and oxygen atoms in total. The molecule has 0 bridgehead atoms. The monoisotopic (exact) mass is 508 g/mol. The summed E-state index contributed by atoms with van der Waals surface area (Å²) in [5.41, 5.74) is 2.93. The van der Waals surface area contributed by atoms with E-state index in [4.69, 9.17) is 9.47 Å². The Morgan fingerprint density at radius 1 is 1.00 bits per heavy atom. The zero-order valence-corrected chi connectivity index (χ0v) is 19.8. The maximum atomic E-state index is 12.6. The predicted molar refractivity (Wildman–Crippen MR) is 135 cm³/mol. The number of rotatable bonds is 9. The summed E-state index contributed by atoms with van der Waals surface area (Å²) in [6.07, 6.45) is -0.00688. The van der Waals surface area contributed by atoms with Gasteiger partial charge in [-0.25, -0.2) is 9.97 Å². The fourth-order valence-electron chi connectivity index (χ4n) is 3.43. The lowest BCUT2D eigenvalue weighted by molar-refractivity contribution is -0.153. The van der Waals surface area contributed by atoms with E-state index in [2.05, 4.69) is 20.6 Å². The second-order valence-corrected chi connectivity index (χ2v) is 7.93. The average molecular weight is 509 g/mol. The zero-order valence-electron chi connectivity index (χ0n) is 19.8.